The molecule has 0 aromatic carbocycles. The van der Waals surface area contributed by atoms with Crippen LogP contribution in [-0.2, 0) is 0 Å². The lowest BCUT2D eigenvalue weighted by Gasteiger charge is -1.78. The van der Waals surface area contributed by atoms with Crippen LogP contribution in [0.15, 0.2) is 23.3 Å². The number of nitrogens with two attached hydrogens (primary N) is 1. The van der Waals surface area contributed by atoms with Crippen molar-refractivity contribution in [2.75, 3.05) is 0 Å². The molecule has 1 heterocycles. The van der Waals surface area contributed by atoms with Gasteiger partial charge in [-0.1, -0.05) is 0 Å². The minimum absolute atomic E-state index is 0.785. The summed E-state index contributed by atoms with van der Waals surface area (Å²) in [6.45, 7) is 0. The number of aliphatic imine (C=N–C) groups is 1. The van der Waals surface area contributed by atoms with E-state index in [1.807, 2.05) is 12.1 Å². The van der Waals surface area contributed by atoms with Gasteiger partial charge in [0.2, 0.25) is 0 Å². The lowest BCUT2D eigenvalue weighted by molar-refractivity contribution is 1.34. The lowest BCUT2D eigenvalue weighted by Crippen LogP contribution is -1.85. The fraction of sp³-hybridized carbons (Fsp3) is 0. The van der Waals surface area contributed by atoms with Crippen molar-refractivity contribution in [1.82, 2.24) is 4.98 Å². The lowest BCUT2D eigenvalue weighted by atomic mass is 10.6. The van der Waals surface area contributed by atoms with Gasteiger partial charge in [0.15, 0.2) is 0 Å². The number of hydrogen-bond donors (Lipinski definition) is 2. The molecule has 0 amide bonds. The van der Waals surface area contributed by atoms with Crippen molar-refractivity contribution in [3.8, 4) is 0 Å². The summed E-state index contributed by atoms with van der Waals surface area (Å²) in [5, 5.41) is 0. The van der Waals surface area contributed by atoms with Crippen LogP contribution in [0.3, 0.4) is 0 Å². The van der Waals surface area contributed by atoms with E-state index >= 15 is 0 Å². The summed E-state index contributed by atoms with van der Waals surface area (Å²) in [5.74, 6) is 0.785. The fourth-order valence-corrected chi connectivity index (χ4v) is 0.481. The first kappa shape index (κ1) is 4.90. The maximum Gasteiger partial charge on any atom is 0.131 e. The Labute approximate surface area is 47.2 Å². The van der Waals surface area contributed by atoms with Gasteiger partial charge < -0.3 is 10.7 Å². The number of hydrogen-bond acceptors (Lipinski definition) is 1. The summed E-state index contributed by atoms with van der Waals surface area (Å²) in [7, 11) is 0. The summed E-state index contributed by atoms with van der Waals surface area (Å²) in [4.78, 5) is 6.62. The maximum atomic E-state index is 5.01. The van der Waals surface area contributed by atoms with Crippen LogP contribution in [0.25, 0.3) is 0 Å². The Morgan fingerprint density at radius 3 is 3.12 bits per heavy atom. The van der Waals surface area contributed by atoms with Gasteiger partial charge in [-0.25, -0.2) is 4.99 Å². The number of nitrogens with one attached hydrogen (secondary N) is 1. The van der Waals surface area contributed by atoms with Crippen LogP contribution in [0.2, 0.25) is 0 Å². The van der Waals surface area contributed by atoms with Crippen molar-refractivity contribution in [2.45, 2.75) is 0 Å². The monoisotopic (exact) mass is 109 g/mol. The smallest absolute Gasteiger partial charge is 0.131 e. The molecule has 0 aliphatic carbocycles. The van der Waals surface area contributed by atoms with Gasteiger partial charge in [-0.05, 0) is 12.1 Å². The summed E-state index contributed by atoms with van der Waals surface area (Å²) >= 11 is 0. The third-order valence-electron chi connectivity index (χ3n) is 0.795. The second-order valence-electron chi connectivity index (χ2n) is 1.33. The van der Waals surface area contributed by atoms with Gasteiger partial charge in [0.05, 0.1) is 6.34 Å². The van der Waals surface area contributed by atoms with Crippen LogP contribution >= 0.6 is 0 Å². The van der Waals surface area contributed by atoms with Crippen molar-refractivity contribution in [1.29, 1.82) is 0 Å². The number of aromatic amines is 1. The van der Waals surface area contributed by atoms with Gasteiger partial charge in [-0.15, -0.1) is 0 Å². The van der Waals surface area contributed by atoms with E-state index in [1.165, 1.54) is 6.34 Å². The van der Waals surface area contributed by atoms with Gasteiger partial charge in [0, 0.05) is 6.20 Å². The van der Waals surface area contributed by atoms with E-state index in [4.69, 9.17) is 5.73 Å². The minimum Gasteiger partial charge on any atom is -0.390 e. The quantitative estimate of drug-likeness (QED) is 0.403. The molecule has 0 atom stereocenters. The molecule has 0 saturated heterocycles. The molecule has 0 radical (unpaired) electrons. The van der Waals surface area contributed by atoms with Crippen molar-refractivity contribution < 1.29 is 0 Å². The van der Waals surface area contributed by atoms with Crippen molar-refractivity contribution in [3.05, 3.63) is 18.3 Å². The molecule has 8 heavy (non-hydrogen) atoms. The van der Waals surface area contributed by atoms with Gasteiger partial charge in [-0.3, -0.25) is 0 Å². The number of H-pyrrole nitrogens is 1. The third kappa shape index (κ3) is 0.872. The second-order valence-corrected chi connectivity index (χ2v) is 1.33. The Balaban J connectivity index is 2.77. The molecule has 0 aliphatic rings. The van der Waals surface area contributed by atoms with Gasteiger partial charge in [0.25, 0.3) is 0 Å². The molecule has 0 bridgehead atoms. The first-order chi connectivity index (χ1) is 3.93. The highest BCUT2D eigenvalue weighted by Crippen LogP contribution is 2.02. The largest absolute Gasteiger partial charge is 0.390 e. The zero-order chi connectivity index (χ0) is 5.82. The molecule has 3 nitrogen and oxygen atoms in total. The summed E-state index contributed by atoms with van der Waals surface area (Å²) in [6, 6.07) is 3.70. The molecule has 0 unspecified atom stereocenters. The Morgan fingerprint density at radius 1 is 1.75 bits per heavy atom. The summed E-state index contributed by atoms with van der Waals surface area (Å²) in [6.07, 6.45) is 3.05. The molecule has 0 saturated carbocycles. The molecule has 3 heteroatoms. The molecule has 1 aromatic rings. The first-order valence-electron chi connectivity index (χ1n) is 2.31. The highest BCUT2D eigenvalue weighted by atomic mass is 14.9. The summed E-state index contributed by atoms with van der Waals surface area (Å²) < 4.78 is 0. The van der Waals surface area contributed by atoms with Crippen LogP contribution in [0.1, 0.15) is 0 Å². The number of aromatic nitrogens is 1. The zero-order valence-corrected chi connectivity index (χ0v) is 4.33. The highest BCUT2D eigenvalue weighted by Gasteiger charge is 1.79. The van der Waals surface area contributed by atoms with E-state index in [2.05, 4.69) is 9.98 Å². The molecular weight excluding hydrogens is 102 g/mol. The van der Waals surface area contributed by atoms with Gasteiger partial charge >= 0.3 is 0 Å². The molecule has 3 N–H and O–H groups in total. The van der Waals surface area contributed by atoms with E-state index in [0.29, 0.717) is 0 Å². The normalized spacial score (nSPS) is 10.5. The standard InChI is InChI=1S/C5H7N3/c6-4-8-5-2-1-3-7-5/h1-4,7H,(H2,6,8). The van der Waals surface area contributed by atoms with Crippen LogP contribution in [0, 0.1) is 0 Å². The van der Waals surface area contributed by atoms with Gasteiger partial charge in [-0.2, -0.15) is 0 Å². The number of rotatable bonds is 1. The van der Waals surface area contributed by atoms with Gasteiger partial charge in [0.1, 0.15) is 5.82 Å². The predicted octanol–water partition coefficient (Wildman–Crippen LogP) is 0.633. The van der Waals surface area contributed by atoms with Crippen LogP contribution in [0.5, 0.6) is 0 Å². The van der Waals surface area contributed by atoms with Crippen molar-refractivity contribution in [3.63, 3.8) is 0 Å². The van der Waals surface area contributed by atoms with E-state index in [1.54, 1.807) is 6.20 Å². The van der Waals surface area contributed by atoms with E-state index in [-0.39, 0.29) is 0 Å². The van der Waals surface area contributed by atoms with E-state index in [0.717, 1.165) is 5.82 Å². The highest BCUT2D eigenvalue weighted by molar-refractivity contribution is 5.56. The Hall–Kier alpha value is -1.25. The SMILES string of the molecule is N/C=N/c1ccc[nH]1. The third-order valence-corrected chi connectivity index (χ3v) is 0.795. The molecule has 42 valence electrons. The molecule has 0 spiro atoms. The second kappa shape index (κ2) is 2.16. The molecular formula is C5H7N3. The Morgan fingerprint density at radius 2 is 2.62 bits per heavy atom. The predicted molar refractivity (Wildman–Crippen MR) is 33.1 cm³/mol. The van der Waals surface area contributed by atoms with Crippen LogP contribution in [-0.4, -0.2) is 11.3 Å². The molecule has 0 fully saturated rings. The fourth-order valence-electron chi connectivity index (χ4n) is 0.481. The Kier molecular flexibility index (Phi) is 1.32. The number of nitrogens with zero attached hydrogens (tertiary/aromatic N) is 1. The van der Waals surface area contributed by atoms with Crippen LogP contribution < -0.4 is 5.73 Å². The zero-order valence-electron chi connectivity index (χ0n) is 4.33. The van der Waals surface area contributed by atoms with Crippen LogP contribution in [0.4, 0.5) is 5.82 Å². The molecule has 0 aliphatic heterocycles. The van der Waals surface area contributed by atoms with E-state index in [9.17, 15) is 0 Å². The molecule has 1 aromatic heterocycles. The van der Waals surface area contributed by atoms with Crippen molar-refractivity contribution in [2.24, 2.45) is 10.7 Å². The van der Waals surface area contributed by atoms with Crippen molar-refractivity contribution >= 4 is 12.2 Å². The van der Waals surface area contributed by atoms with E-state index < -0.39 is 0 Å². The minimum atomic E-state index is 0.785. The maximum absolute atomic E-state index is 5.01. The Bertz CT molecular complexity index is 164. The summed E-state index contributed by atoms with van der Waals surface area (Å²) in [5.41, 5.74) is 5.01. The first-order valence-corrected chi connectivity index (χ1v) is 2.31. The molecule has 1 rings (SSSR count). The average molecular weight is 109 g/mol. The topological polar surface area (TPSA) is 54.2 Å². The average Bonchev–Trinajstić information content (AvgIpc) is 2.19.